The summed E-state index contributed by atoms with van der Waals surface area (Å²) in [4.78, 5) is 35.8. The Hall–Kier alpha value is -1.89. The number of carbonyl (C=O) groups excluding carboxylic acids is 3. The highest BCUT2D eigenvalue weighted by Gasteiger charge is 2.28. The minimum atomic E-state index is -0.625. The molecule has 2 N–H and O–H groups in total. The zero-order valence-corrected chi connectivity index (χ0v) is 14.9. The van der Waals surface area contributed by atoms with Gasteiger partial charge in [-0.15, -0.1) is 11.3 Å². The van der Waals surface area contributed by atoms with E-state index in [1.807, 2.05) is 0 Å². The smallest absolute Gasteiger partial charge is 0.325 e. The number of esters is 1. The molecule has 0 bridgehead atoms. The van der Waals surface area contributed by atoms with Crippen LogP contribution in [0.25, 0.3) is 0 Å². The lowest BCUT2D eigenvalue weighted by atomic mass is 9.78. The molecule has 0 radical (unpaired) electrons. The van der Waals surface area contributed by atoms with Crippen molar-refractivity contribution in [1.82, 2.24) is 10.6 Å². The Kier molecular flexibility index (Phi) is 6.78. The van der Waals surface area contributed by atoms with Gasteiger partial charge in [-0.25, -0.2) is 0 Å². The van der Waals surface area contributed by atoms with Crippen molar-refractivity contribution < 1.29 is 19.1 Å². The number of ether oxygens (including phenoxy) is 1. The third-order valence-electron chi connectivity index (χ3n) is 4.56. The van der Waals surface area contributed by atoms with E-state index in [0.29, 0.717) is 16.7 Å². The van der Waals surface area contributed by atoms with Crippen LogP contribution in [0.3, 0.4) is 0 Å². The van der Waals surface area contributed by atoms with Crippen molar-refractivity contribution in [3.8, 4) is 0 Å². The molecule has 0 unspecified atom stereocenters. The van der Waals surface area contributed by atoms with Gasteiger partial charge in [-0.1, -0.05) is 32.8 Å². The number of nitrogens with one attached hydrogen (secondary N) is 2. The maximum absolute atomic E-state index is 11.9. The molecular weight excluding hydrogens is 328 g/mol. The van der Waals surface area contributed by atoms with Crippen LogP contribution >= 0.6 is 11.3 Å². The maximum Gasteiger partial charge on any atom is 0.325 e. The molecule has 2 amide bonds. The predicted octanol–water partition coefficient (Wildman–Crippen LogP) is 1.96. The third kappa shape index (κ3) is 5.33. The fourth-order valence-corrected chi connectivity index (χ4v) is 3.52. The summed E-state index contributed by atoms with van der Waals surface area (Å²) in [6.07, 6.45) is 3.25. The van der Waals surface area contributed by atoms with Gasteiger partial charge in [-0.2, -0.15) is 0 Å². The fraction of sp³-hybridized carbons (Fsp3) is 0.588. The van der Waals surface area contributed by atoms with Crippen molar-refractivity contribution >= 4 is 29.1 Å². The molecular formula is C17H24N2O4S. The van der Waals surface area contributed by atoms with Gasteiger partial charge >= 0.3 is 5.97 Å². The van der Waals surface area contributed by atoms with Gasteiger partial charge < -0.3 is 15.4 Å². The van der Waals surface area contributed by atoms with Crippen LogP contribution in [0.15, 0.2) is 17.5 Å². The molecule has 0 aromatic carbocycles. The molecule has 3 atom stereocenters. The zero-order chi connectivity index (χ0) is 17.5. The first-order valence-electron chi connectivity index (χ1n) is 8.24. The molecule has 0 aliphatic heterocycles. The Labute approximate surface area is 146 Å². The summed E-state index contributed by atoms with van der Waals surface area (Å²) in [7, 11) is 0. The van der Waals surface area contributed by atoms with Crippen LogP contribution < -0.4 is 10.6 Å². The topological polar surface area (TPSA) is 84.5 Å². The fourth-order valence-electron chi connectivity index (χ4n) is 2.88. The minimum Gasteiger partial charge on any atom is -0.454 e. The Balaban J connectivity index is 1.66. The maximum atomic E-state index is 11.9. The summed E-state index contributed by atoms with van der Waals surface area (Å²) >= 11 is 1.29. The normalized spacial score (nSPS) is 23.3. The van der Waals surface area contributed by atoms with E-state index in [1.54, 1.807) is 17.5 Å². The quantitative estimate of drug-likeness (QED) is 0.767. The molecule has 1 aromatic rings. The second-order valence-electron chi connectivity index (χ2n) is 6.26. The zero-order valence-electron chi connectivity index (χ0n) is 14.0. The molecule has 1 aromatic heterocycles. The molecule has 1 saturated carbocycles. The highest BCUT2D eigenvalue weighted by atomic mass is 32.1. The van der Waals surface area contributed by atoms with Crippen molar-refractivity contribution in [3.05, 3.63) is 22.4 Å². The van der Waals surface area contributed by atoms with Gasteiger partial charge in [-0.3, -0.25) is 14.4 Å². The molecule has 1 fully saturated rings. The van der Waals surface area contributed by atoms with Crippen LogP contribution in [0.5, 0.6) is 0 Å². The van der Waals surface area contributed by atoms with Gasteiger partial charge in [0, 0.05) is 6.04 Å². The van der Waals surface area contributed by atoms with Crippen LogP contribution in [0, 0.1) is 11.8 Å². The van der Waals surface area contributed by atoms with E-state index in [2.05, 4.69) is 24.5 Å². The highest BCUT2D eigenvalue weighted by Crippen LogP contribution is 2.29. The van der Waals surface area contributed by atoms with Crippen LogP contribution in [-0.4, -0.2) is 37.0 Å². The lowest BCUT2D eigenvalue weighted by Crippen LogP contribution is -2.45. The summed E-state index contributed by atoms with van der Waals surface area (Å²) in [5.74, 6) is -0.238. The van der Waals surface area contributed by atoms with E-state index in [9.17, 15) is 14.4 Å². The second kappa shape index (κ2) is 8.82. The number of thiophene rings is 1. The molecule has 0 spiro atoms. The summed E-state index contributed by atoms with van der Waals surface area (Å²) in [6.45, 7) is 3.77. The standard InChI is InChI=1S/C17H24N2O4S/c1-11-5-3-6-13(12(11)2)19-15(20)10-23-16(21)9-18-17(22)14-7-4-8-24-14/h4,7-8,11-13H,3,5-6,9-10H2,1-2H3,(H,18,22)(H,19,20)/t11-,12-,13-/m1/s1. The first-order valence-corrected chi connectivity index (χ1v) is 9.12. The number of amides is 2. The molecule has 1 aliphatic rings. The highest BCUT2D eigenvalue weighted by molar-refractivity contribution is 7.12. The Morgan fingerprint density at radius 3 is 2.79 bits per heavy atom. The first-order chi connectivity index (χ1) is 11.5. The molecule has 2 rings (SSSR count). The summed E-state index contributed by atoms with van der Waals surface area (Å²) in [6, 6.07) is 3.57. The number of rotatable bonds is 6. The van der Waals surface area contributed by atoms with E-state index in [-0.39, 0.29) is 31.0 Å². The Morgan fingerprint density at radius 1 is 1.29 bits per heavy atom. The number of hydrogen-bond acceptors (Lipinski definition) is 5. The van der Waals surface area contributed by atoms with Crippen LogP contribution in [0.2, 0.25) is 0 Å². The third-order valence-corrected chi connectivity index (χ3v) is 5.42. The van der Waals surface area contributed by atoms with Gasteiger partial charge in [0.25, 0.3) is 11.8 Å². The molecule has 1 aliphatic carbocycles. The van der Waals surface area contributed by atoms with E-state index >= 15 is 0 Å². The van der Waals surface area contributed by atoms with Gasteiger partial charge in [0.2, 0.25) is 0 Å². The Morgan fingerprint density at radius 2 is 2.08 bits per heavy atom. The van der Waals surface area contributed by atoms with Gasteiger partial charge in [0.1, 0.15) is 6.54 Å². The lowest BCUT2D eigenvalue weighted by Gasteiger charge is -2.34. The predicted molar refractivity (Wildman–Crippen MR) is 91.7 cm³/mol. The van der Waals surface area contributed by atoms with Gasteiger partial charge in [0.15, 0.2) is 6.61 Å². The molecule has 24 heavy (non-hydrogen) atoms. The second-order valence-corrected chi connectivity index (χ2v) is 7.21. The summed E-state index contributed by atoms with van der Waals surface area (Å²) in [5, 5.41) is 7.19. The van der Waals surface area contributed by atoms with Crippen molar-refractivity contribution in [1.29, 1.82) is 0 Å². The molecule has 6 nitrogen and oxygen atoms in total. The summed E-state index contributed by atoms with van der Waals surface area (Å²) in [5.41, 5.74) is 0. The van der Waals surface area contributed by atoms with E-state index in [0.717, 1.165) is 12.8 Å². The van der Waals surface area contributed by atoms with Crippen molar-refractivity contribution in [3.63, 3.8) is 0 Å². The number of hydrogen-bond donors (Lipinski definition) is 2. The molecule has 0 saturated heterocycles. The minimum absolute atomic E-state index is 0.137. The SMILES string of the molecule is C[C@@H]1[C@H](C)CCC[C@H]1NC(=O)COC(=O)CNC(=O)c1cccs1. The summed E-state index contributed by atoms with van der Waals surface area (Å²) < 4.78 is 4.91. The van der Waals surface area contributed by atoms with E-state index in [4.69, 9.17) is 4.74 Å². The average molecular weight is 352 g/mol. The van der Waals surface area contributed by atoms with E-state index < -0.39 is 5.97 Å². The van der Waals surface area contributed by atoms with Crippen LogP contribution in [0.1, 0.15) is 42.8 Å². The van der Waals surface area contributed by atoms with E-state index in [1.165, 1.54) is 17.8 Å². The molecule has 132 valence electrons. The largest absolute Gasteiger partial charge is 0.454 e. The average Bonchev–Trinajstić information content (AvgIpc) is 3.09. The lowest BCUT2D eigenvalue weighted by molar-refractivity contribution is -0.147. The molecule has 7 heteroatoms. The van der Waals surface area contributed by atoms with Crippen molar-refractivity contribution in [2.75, 3.05) is 13.2 Å². The van der Waals surface area contributed by atoms with Crippen LogP contribution in [0.4, 0.5) is 0 Å². The monoisotopic (exact) mass is 352 g/mol. The van der Waals surface area contributed by atoms with Gasteiger partial charge in [-0.05, 0) is 29.7 Å². The first kappa shape index (κ1) is 18.4. The number of carbonyl (C=O) groups is 3. The molecule has 1 heterocycles. The Bertz CT molecular complexity index is 573. The van der Waals surface area contributed by atoms with Crippen molar-refractivity contribution in [2.24, 2.45) is 11.8 Å². The van der Waals surface area contributed by atoms with Gasteiger partial charge in [0.05, 0.1) is 4.88 Å². The van der Waals surface area contributed by atoms with Crippen molar-refractivity contribution in [2.45, 2.75) is 39.2 Å². The van der Waals surface area contributed by atoms with Crippen LogP contribution in [-0.2, 0) is 14.3 Å².